The van der Waals surface area contributed by atoms with Crippen molar-refractivity contribution in [1.82, 2.24) is 0 Å². The van der Waals surface area contributed by atoms with Gasteiger partial charge >= 0.3 is 0 Å². The molecule has 0 aromatic carbocycles. The number of carbonyl (C=O) groups excluding carboxylic acids is 1. The van der Waals surface area contributed by atoms with Crippen LogP contribution >= 0.6 is 0 Å². The van der Waals surface area contributed by atoms with E-state index in [0.717, 1.165) is 38.4 Å². The highest BCUT2D eigenvalue weighted by molar-refractivity contribution is 5.49. The highest BCUT2D eigenvalue weighted by Crippen LogP contribution is 2.01. The van der Waals surface area contributed by atoms with Crippen LogP contribution in [-0.2, 0) is 4.79 Å². The van der Waals surface area contributed by atoms with Gasteiger partial charge in [-0.2, -0.15) is 0 Å². The van der Waals surface area contributed by atoms with Crippen LogP contribution in [-0.4, -0.2) is 17.5 Å². The van der Waals surface area contributed by atoms with Gasteiger partial charge in [0.2, 0.25) is 0 Å². The zero-order chi connectivity index (χ0) is 14.9. The summed E-state index contributed by atoms with van der Waals surface area (Å²) >= 11 is 0. The van der Waals surface area contributed by atoms with E-state index in [-0.39, 0.29) is 0 Å². The van der Waals surface area contributed by atoms with Crippen molar-refractivity contribution < 1.29 is 9.90 Å². The Bertz CT molecular complexity index is 324. The minimum Gasteiger partial charge on any atom is -0.389 e. The molecule has 0 amide bonds. The minimum absolute atomic E-state index is 0.418. The van der Waals surface area contributed by atoms with E-state index in [9.17, 15) is 9.90 Å². The summed E-state index contributed by atoms with van der Waals surface area (Å²) in [6.07, 6.45) is 22.9. The molecule has 1 atom stereocenters. The highest BCUT2D eigenvalue weighted by atomic mass is 16.3. The van der Waals surface area contributed by atoms with E-state index in [0.29, 0.717) is 12.8 Å². The monoisotopic (exact) mass is 276 g/mol. The lowest BCUT2D eigenvalue weighted by molar-refractivity contribution is -0.107. The summed E-state index contributed by atoms with van der Waals surface area (Å²) in [6, 6.07) is 0. The van der Waals surface area contributed by atoms with Crippen LogP contribution in [0.25, 0.3) is 0 Å². The van der Waals surface area contributed by atoms with Crippen LogP contribution in [0.15, 0.2) is 48.6 Å². The van der Waals surface area contributed by atoms with E-state index in [4.69, 9.17) is 0 Å². The SMILES string of the molecule is CC/C=C\C/C=C\C/C=C\CC(O)/C=C/CCCC=O. The van der Waals surface area contributed by atoms with Gasteiger partial charge in [0.15, 0.2) is 0 Å². The lowest BCUT2D eigenvalue weighted by Gasteiger charge is -1.99. The standard InChI is InChI=1S/C18H28O2/c1-2-3-4-5-6-7-8-9-12-15-18(20)16-13-10-11-14-17-19/h3-4,6-7,9,12-13,16-18,20H,2,5,8,10-11,14-15H2,1H3/b4-3-,7-6-,12-9-,16-13+. The number of unbranched alkanes of at least 4 members (excludes halogenated alkanes) is 2. The van der Waals surface area contributed by atoms with Gasteiger partial charge in [-0.05, 0) is 38.5 Å². The Balaban J connectivity index is 3.57. The molecule has 0 aliphatic carbocycles. The summed E-state index contributed by atoms with van der Waals surface area (Å²) in [5.74, 6) is 0. The topological polar surface area (TPSA) is 37.3 Å². The maximum absolute atomic E-state index is 10.1. The Morgan fingerprint density at radius 1 is 0.900 bits per heavy atom. The average molecular weight is 276 g/mol. The Morgan fingerprint density at radius 3 is 2.20 bits per heavy atom. The largest absolute Gasteiger partial charge is 0.389 e. The van der Waals surface area contributed by atoms with E-state index in [1.54, 1.807) is 6.08 Å². The van der Waals surface area contributed by atoms with Gasteiger partial charge in [0.25, 0.3) is 0 Å². The number of hydrogen-bond donors (Lipinski definition) is 1. The molecule has 0 aliphatic heterocycles. The molecular weight excluding hydrogens is 248 g/mol. The third kappa shape index (κ3) is 14.7. The number of carbonyl (C=O) groups is 1. The number of allylic oxidation sites excluding steroid dienone is 6. The molecule has 0 heterocycles. The Morgan fingerprint density at radius 2 is 1.55 bits per heavy atom. The van der Waals surface area contributed by atoms with E-state index >= 15 is 0 Å². The quantitative estimate of drug-likeness (QED) is 0.323. The molecule has 0 rings (SSSR count). The number of hydrogen-bond acceptors (Lipinski definition) is 2. The van der Waals surface area contributed by atoms with Crippen LogP contribution in [0.3, 0.4) is 0 Å². The van der Waals surface area contributed by atoms with Gasteiger partial charge in [0.1, 0.15) is 6.29 Å². The highest BCUT2D eigenvalue weighted by Gasteiger charge is 1.93. The number of aliphatic hydroxyl groups is 1. The summed E-state index contributed by atoms with van der Waals surface area (Å²) in [5.41, 5.74) is 0. The smallest absolute Gasteiger partial charge is 0.120 e. The van der Waals surface area contributed by atoms with Crippen molar-refractivity contribution in [2.45, 2.75) is 58.0 Å². The fourth-order valence-corrected chi connectivity index (χ4v) is 1.60. The second-order valence-electron chi connectivity index (χ2n) is 4.62. The summed E-state index contributed by atoms with van der Waals surface area (Å²) in [4.78, 5) is 10.1. The molecule has 0 aromatic rings. The molecule has 0 spiro atoms. The molecule has 0 aromatic heterocycles. The fourth-order valence-electron chi connectivity index (χ4n) is 1.60. The maximum atomic E-state index is 10.1. The molecular formula is C18H28O2. The second kappa shape index (κ2) is 15.6. The van der Waals surface area contributed by atoms with E-state index < -0.39 is 6.10 Å². The Labute approximate surface area is 123 Å². The summed E-state index contributed by atoms with van der Waals surface area (Å²) in [5, 5.41) is 9.67. The normalized spacial score (nSPS) is 14.1. The summed E-state index contributed by atoms with van der Waals surface area (Å²) in [7, 11) is 0. The van der Waals surface area contributed by atoms with Crippen molar-refractivity contribution in [3.05, 3.63) is 48.6 Å². The zero-order valence-corrected chi connectivity index (χ0v) is 12.6. The predicted molar refractivity (Wildman–Crippen MR) is 86.6 cm³/mol. The van der Waals surface area contributed by atoms with E-state index in [1.165, 1.54) is 0 Å². The maximum Gasteiger partial charge on any atom is 0.120 e. The molecule has 2 nitrogen and oxygen atoms in total. The minimum atomic E-state index is -0.418. The number of aliphatic hydroxyl groups excluding tert-OH is 1. The third-order valence-corrected chi connectivity index (χ3v) is 2.71. The molecule has 2 heteroatoms. The van der Waals surface area contributed by atoms with Crippen LogP contribution in [0.2, 0.25) is 0 Å². The van der Waals surface area contributed by atoms with Gasteiger partial charge in [0, 0.05) is 6.42 Å². The van der Waals surface area contributed by atoms with Gasteiger partial charge in [-0.1, -0.05) is 55.5 Å². The molecule has 0 aliphatic rings. The molecule has 1 N–H and O–H groups in total. The fraction of sp³-hybridized carbons (Fsp3) is 0.500. The number of aldehydes is 1. The second-order valence-corrected chi connectivity index (χ2v) is 4.62. The lowest BCUT2D eigenvalue weighted by Crippen LogP contribution is -1.98. The van der Waals surface area contributed by atoms with Crippen molar-refractivity contribution in [3.63, 3.8) is 0 Å². The van der Waals surface area contributed by atoms with Crippen molar-refractivity contribution in [1.29, 1.82) is 0 Å². The van der Waals surface area contributed by atoms with Gasteiger partial charge in [-0.3, -0.25) is 0 Å². The first-order valence-corrected chi connectivity index (χ1v) is 7.54. The first-order valence-electron chi connectivity index (χ1n) is 7.54. The molecule has 0 saturated heterocycles. The molecule has 0 fully saturated rings. The number of rotatable bonds is 12. The molecule has 1 unspecified atom stereocenters. The Hall–Kier alpha value is -1.41. The first-order chi connectivity index (χ1) is 9.81. The molecule has 0 radical (unpaired) electrons. The molecule has 112 valence electrons. The zero-order valence-electron chi connectivity index (χ0n) is 12.6. The van der Waals surface area contributed by atoms with Crippen molar-refractivity contribution in [2.75, 3.05) is 0 Å². The summed E-state index contributed by atoms with van der Waals surface area (Å²) < 4.78 is 0. The Kier molecular flexibility index (Phi) is 14.5. The van der Waals surface area contributed by atoms with Crippen molar-refractivity contribution in [2.24, 2.45) is 0 Å². The molecule has 0 saturated carbocycles. The van der Waals surface area contributed by atoms with Crippen LogP contribution in [0, 0.1) is 0 Å². The first kappa shape index (κ1) is 18.6. The van der Waals surface area contributed by atoms with E-state index in [2.05, 4.69) is 37.3 Å². The van der Waals surface area contributed by atoms with Gasteiger partial charge < -0.3 is 9.90 Å². The van der Waals surface area contributed by atoms with Crippen LogP contribution in [0.5, 0.6) is 0 Å². The lowest BCUT2D eigenvalue weighted by atomic mass is 10.1. The van der Waals surface area contributed by atoms with Gasteiger partial charge in [-0.15, -0.1) is 0 Å². The van der Waals surface area contributed by atoms with Crippen LogP contribution in [0.4, 0.5) is 0 Å². The molecule has 0 bridgehead atoms. The molecule has 20 heavy (non-hydrogen) atoms. The average Bonchev–Trinajstić information content (AvgIpc) is 2.45. The van der Waals surface area contributed by atoms with Crippen molar-refractivity contribution in [3.8, 4) is 0 Å². The summed E-state index contributed by atoms with van der Waals surface area (Å²) in [6.45, 7) is 2.13. The van der Waals surface area contributed by atoms with Gasteiger partial charge in [-0.25, -0.2) is 0 Å². The predicted octanol–water partition coefficient (Wildman–Crippen LogP) is 4.52. The van der Waals surface area contributed by atoms with Gasteiger partial charge in [0.05, 0.1) is 6.10 Å². The van der Waals surface area contributed by atoms with E-state index in [1.807, 2.05) is 12.2 Å². The van der Waals surface area contributed by atoms with Crippen LogP contribution < -0.4 is 0 Å². The van der Waals surface area contributed by atoms with Crippen LogP contribution in [0.1, 0.15) is 51.9 Å². The third-order valence-electron chi connectivity index (χ3n) is 2.71. The van der Waals surface area contributed by atoms with Crippen molar-refractivity contribution >= 4 is 6.29 Å².